The summed E-state index contributed by atoms with van der Waals surface area (Å²) in [6.45, 7) is 0.936. The van der Waals surface area contributed by atoms with E-state index < -0.39 is 0 Å². The summed E-state index contributed by atoms with van der Waals surface area (Å²) in [6.07, 6.45) is 9.99. The van der Waals surface area contributed by atoms with E-state index in [4.69, 9.17) is 0 Å². The van der Waals surface area contributed by atoms with E-state index in [1.807, 2.05) is 6.08 Å². The molecule has 1 radical (unpaired) electrons. The van der Waals surface area contributed by atoms with Gasteiger partial charge in [0.2, 0.25) is 0 Å². The van der Waals surface area contributed by atoms with Crippen molar-refractivity contribution in [1.29, 1.82) is 0 Å². The highest BCUT2D eigenvalue weighted by Gasteiger charge is 2.07. The largest absolute Gasteiger partial charge is 0.310 e. The van der Waals surface area contributed by atoms with Crippen molar-refractivity contribution in [3.63, 3.8) is 0 Å². The van der Waals surface area contributed by atoms with Gasteiger partial charge < -0.3 is 10.1 Å². The minimum atomic E-state index is 0.556. The van der Waals surface area contributed by atoms with Gasteiger partial charge in [0.25, 0.3) is 0 Å². The predicted octanol–water partition coefficient (Wildman–Crippen LogP) is 1.08. The first-order valence-corrected chi connectivity index (χ1v) is 4.15. The molecule has 0 aromatic heterocycles. The number of carbonyl (C=O) groups excluding carboxylic acids is 1. The molecule has 11 heavy (non-hydrogen) atoms. The Morgan fingerprint density at radius 2 is 2.64 bits per heavy atom. The van der Waals surface area contributed by atoms with Crippen LogP contribution in [0.4, 0.5) is 0 Å². The van der Waals surface area contributed by atoms with Gasteiger partial charge >= 0.3 is 0 Å². The van der Waals surface area contributed by atoms with Crippen molar-refractivity contribution in [2.45, 2.75) is 31.7 Å². The molecular weight excluding hydrogens is 138 g/mol. The van der Waals surface area contributed by atoms with Gasteiger partial charge in [-0.2, -0.15) is 0 Å². The van der Waals surface area contributed by atoms with Gasteiger partial charge in [-0.25, -0.2) is 0 Å². The van der Waals surface area contributed by atoms with Gasteiger partial charge in [-0.05, 0) is 25.3 Å². The zero-order valence-electron chi connectivity index (χ0n) is 6.68. The second kappa shape index (κ2) is 5.08. The highest BCUT2D eigenvalue weighted by Crippen LogP contribution is 2.06. The minimum Gasteiger partial charge on any atom is -0.310 e. The third-order valence-corrected chi connectivity index (χ3v) is 1.89. The van der Waals surface area contributed by atoms with E-state index in [0.29, 0.717) is 12.5 Å². The maximum absolute atomic E-state index is 10.0. The Bertz CT molecular complexity index is 142. The van der Waals surface area contributed by atoms with Crippen LogP contribution in [-0.2, 0) is 4.79 Å². The second-order valence-electron chi connectivity index (χ2n) is 2.82. The molecule has 0 bridgehead atoms. The van der Waals surface area contributed by atoms with Crippen LogP contribution in [0.5, 0.6) is 0 Å². The van der Waals surface area contributed by atoms with Crippen LogP contribution in [0.15, 0.2) is 6.08 Å². The number of hydrogen-bond acceptors (Lipinski definition) is 2. The van der Waals surface area contributed by atoms with Crippen LogP contribution in [0.2, 0.25) is 0 Å². The zero-order valence-corrected chi connectivity index (χ0v) is 6.68. The van der Waals surface area contributed by atoms with Gasteiger partial charge in [0.05, 0.1) is 0 Å². The van der Waals surface area contributed by atoms with Gasteiger partial charge in [0.1, 0.15) is 6.29 Å². The normalized spacial score (nSPS) is 23.5. The lowest BCUT2D eigenvalue weighted by Gasteiger charge is -2.18. The maximum Gasteiger partial charge on any atom is 0.119 e. The molecule has 1 aliphatic rings. The average Bonchev–Trinajstić information content (AvgIpc) is 2.07. The molecule has 1 rings (SSSR count). The maximum atomic E-state index is 10.0. The topological polar surface area (TPSA) is 29.1 Å². The molecule has 1 atom stereocenters. The number of unbranched alkanes of at least 4 members (excludes halogenated alkanes) is 1. The fraction of sp³-hybridized carbons (Fsp3) is 0.667. The van der Waals surface area contributed by atoms with Gasteiger partial charge in [-0.15, -0.1) is 0 Å². The van der Waals surface area contributed by atoms with Gasteiger partial charge in [-0.3, -0.25) is 0 Å². The molecule has 2 heteroatoms. The Morgan fingerprint density at radius 3 is 3.27 bits per heavy atom. The van der Waals surface area contributed by atoms with E-state index in [1.165, 1.54) is 0 Å². The van der Waals surface area contributed by atoms with Gasteiger partial charge in [0, 0.05) is 19.0 Å². The zero-order chi connectivity index (χ0) is 7.94. The SMILES string of the molecule is O=CCCCC1C[C]=CCN1. The third-order valence-electron chi connectivity index (χ3n) is 1.89. The van der Waals surface area contributed by atoms with Crippen LogP contribution >= 0.6 is 0 Å². The standard InChI is InChI=1S/C9H14NO/c11-8-4-2-6-9-5-1-3-7-10-9/h3,8-10H,2,4-7H2. The molecule has 0 saturated carbocycles. The van der Waals surface area contributed by atoms with E-state index in [1.54, 1.807) is 0 Å². The highest BCUT2D eigenvalue weighted by atomic mass is 16.1. The summed E-state index contributed by atoms with van der Waals surface area (Å²) >= 11 is 0. The lowest BCUT2D eigenvalue weighted by atomic mass is 10.0. The number of aldehydes is 1. The van der Waals surface area contributed by atoms with Crippen molar-refractivity contribution >= 4 is 6.29 Å². The van der Waals surface area contributed by atoms with Crippen LogP contribution < -0.4 is 5.32 Å². The van der Waals surface area contributed by atoms with Crippen molar-refractivity contribution in [1.82, 2.24) is 5.32 Å². The molecule has 2 nitrogen and oxygen atoms in total. The molecule has 0 amide bonds. The Hall–Kier alpha value is -0.630. The third kappa shape index (κ3) is 3.33. The summed E-state index contributed by atoms with van der Waals surface area (Å²) in [4.78, 5) is 10.0. The number of carbonyl (C=O) groups is 1. The van der Waals surface area contributed by atoms with Crippen LogP contribution in [0.1, 0.15) is 25.7 Å². The predicted molar refractivity (Wildman–Crippen MR) is 44.1 cm³/mol. The van der Waals surface area contributed by atoms with E-state index in [0.717, 1.165) is 32.1 Å². The fourth-order valence-corrected chi connectivity index (χ4v) is 1.25. The lowest BCUT2D eigenvalue weighted by molar-refractivity contribution is -0.107. The van der Waals surface area contributed by atoms with Crippen LogP contribution in [0, 0.1) is 6.08 Å². The van der Waals surface area contributed by atoms with Crippen LogP contribution in [0.3, 0.4) is 0 Å². The van der Waals surface area contributed by atoms with Crippen LogP contribution in [-0.4, -0.2) is 18.9 Å². The van der Waals surface area contributed by atoms with E-state index in [2.05, 4.69) is 11.4 Å². The monoisotopic (exact) mass is 152 g/mol. The second-order valence-corrected chi connectivity index (χ2v) is 2.82. The van der Waals surface area contributed by atoms with Crippen LogP contribution in [0.25, 0.3) is 0 Å². The molecule has 0 aromatic carbocycles. The molecule has 1 heterocycles. The summed E-state index contributed by atoms with van der Waals surface area (Å²) < 4.78 is 0. The van der Waals surface area contributed by atoms with Gasteiger partial charge in [-0.1, -0.05) is 6.08 Å². The molecule has 0 aliphatic carbocycles. The summed E-state index contributed by atoms with van der Waals surface area (Å²) in [5.74, 6) is 0. The smallest absolute Gasteiger partial charge is 0.119 e. The molecule has 0 spiro atoms. The molecule has 1 aliphatic heterocycles. The van der Waals surface area contributed by atoms with Crippen molar-refractivity contribution in [3.05, 3.63) is 12.2 Å². The first kappa shape index (κ1) is 8.47. The number of hydrogen-bond donors (Lipinski definition) is 1. The highest BCUT2D eigenvalue weighted by molar-refractivity contribution is 5.48. The van der Waals surface area contributed by atoms with Crippen molar-refractivity contribution in [2.24, 2.45) is 0 Å². The lowest BCUT2D eigenvalue weighted by Crippen LogP contribution is -2.31. The van der Waals surface area contributed by atoms with Crippen molar-refractivity contribution in [3.8, 4) is 0 Å². The van der Waals surface area contributed by atoms with Crippen molar-refractivity contribution < 1.29 is 4.79 Å². The summed E-state index contributed by atoms with van der Waals surface area (Å²) in [7, 11) is 0. The quantitative estimate of drug-likeness (QED) is 0.482. The van der Waals surface area contributed by atoms with E-state index >= 15 is 0 Å². The number of nitrogens with one attached hydrogen (secondary N) is 1. The first-order valence-electron chi connectivity index (χ1n) is 4.15. The summed E-state index contributed by atoms with van der Waals surface area (Å²) in [5, 5.41) is 3.34. The number of rotatable bonds is 4. The fourth-order valence-electron chi connectivity index (χ4n) is 1.25. The minimum absolute atomic E-state index is 0.556. The average molecular weight is 152 g/mol. The first-order chi connectivity index (χ1) is 5.43. The summed E-state index contributed by atoms with van der Waals surface area (Å²) in [6, 6.07) is 0.556. The molecule has 1 unspecified atom stereocenters. The Labute approximate surface area is 67.7 Å². The molecule has 1 N–H and O–H groups in total. The molecule has 0 aromatic rings. The Balaban J connectivity index is 2.06. The molecule has 0 saturated heterocycles. The van der Waals surface area contributed by atoms with E-state index in [9.17, 15) is 4.79 Å². The Morgan fingerprint density at radius 1 is 1.73 bits per heavy atom. The van der Waals surface area contributed by atoms with Crippen molar-refractivity contribution in [2.75, 3.05) is 6.54 Å². The Kier molecular flexibility index (Phi) is 3.91. The van der Waals surface area contributed by atoms with E-state index in [-0.39, 0.29) is 0 Å². The summed E-state index contributed by atoms with van der Waals surface area (Å²) in [5.41, 5.74) is 0. The molecule has 0 fully saturated rings. The van der Waals surface area contributed by atoms with Gasteiger partial charge in [0.15, 0.2) is 0 Å². The molecule has 61 valence electrons. The molecular formula is C9H14NO.